The summed E-state index contributed by atoms with van der Waals surface area (Å²) in [6.45, 7) is 7.79. The van der Waals surface area contributed by atoms with Crippen LogP contribution in [0.1, 0.15) is 40.5 Å². The molecule has 0 aromatic heterocycles. The minimum absolute atomic E-state index is 0.842. The van der Waals surface area contributed by atoms with Crippen LogP contribution in [-0.2, 0) is 0 Å². The van der Waals surface area contributed by atoms with Gasteiger partial charge >= 0.3 is 6.18 Å². The molecule has 0 N–H and O–H groups in total. The number of alkyl halides is 3. The third kappa shape index (κ3) is 29.3. The first kappa shape index (κ1) is 20.3. The van der Waals surface area contributed by atoms with Gasteiger partial charge in [0.1, 0.15) is 0 Å². The SMILES string of the molecule is C#C.C/C=C(C)\C=C/CC(F)(F)F.CCC. The molecule has 0 nitrogen and oxygen atoms in total. The van der Waals surface area contributed by atoms with Gasteiger partial charge in [-0.1, -0.05) is 44.1 Å². The fourth-order valence-electron chi connectivity index (χ4n) is 0.475. The minimum Gasteiger partial charge on any atom is -0.171 e. The molecule has 0 aliphatic heterocycles. The van der Waals surface area contributed by atoms with Crippen molar-refractivity contribution >= 4 is 0 Å². The van der Waals surface area contributed by atoms with Crippen molar-refractivity contribution in [1.29, 1.82) is 0 Å². The predicted octanol–water partition coefficient (Wildman–Crippen LogP) is 5.13. The Kier molecular flexibility index (Phi) is 17.5. The lowest BCUT2D eigenvalue weighted by Crippen LogP contribution is -2.03. The van der Waals surface area contributed by atoms with E-state index in [-0.39, 0.29) is 0 Å². The van der Waals surface area contributed by atoms with Gasteiger partial charge in [0.05, 0.1) is 6.42 Å². The molecule has 0 saturated carbocycles. The molecule has 0 fully saturated rings. The van der Waals surface area contributed by atoms with Gasteiger partial charge in [-0.25, -0.2) is 0 Å². The molecule has 0 spiro atoms. The maximum atomic E-state index is 11.5. The lowest BCUT2D eigenvalue weighted by molar-refractivity contribution is -0.125. The second-order valence-electron chi connectivity index (χ2n) is 2.96. The van der Waals surface area contributed by atoms with Crippen LogP contribution < -0.4 is 0 Å². The first-order chi connectivity index (χ1) is 7.37. The fraction of sp³-hybridized carbons (Fsp3) is 0.538. The van der Waals surface area contributed by atoms with E-state index in [4.69, 9.17) is 0 Å². The van der Waals surface area contributed by atoms with Crippen molar-refractivity contribution in [1.82, 2.24) is 0 Å². The molecule has 0 rings (SSSR count). The molecule has 0 aromatic rings. The number of halogens is 3. The topological polar surface area (TPSA) is 0 Å². The van der Waals surface area contributed by atoms with Crippen molar-refractivity contribution in [2.75, 3.05) is 0 Å². The standard InChI is InChI=1S/C8H11F3.C3H8.C2H2/c1-3-7(2)5-4-6-8(9,10)11;1-3-2;1-2/h3-5H,6H2,1-2H3;3H2,1-2H3;1-2H/b5-4-,7-3-;;. The van der Waals surface area contributed by atoms with Crippen molar-refractivity contribution in [3.05, 3.63) is 23.8 Å². The van der Waals surface area contributed by atoms with Gasteiger partial charge in [0.2, 0.25) is 0 Å². The summed E-state index contributed by atoms with van der Waals surface area (Å²) in [6.07, 6.45) is 8.67. The predicted molar refractivity (Wildman–Crippen MR) is 65.1 cm³/mol. The largest absolute Gasteiger partial charge is 0.392 e. The highest BCUT2D eigenvalue weighted by atomic mass is 19.4. The van der Waals surface area contributed by atoms with E-state index < -0.39 is 12.6 Å². The van der Waals surface area contributed by atoms with Gasteiger partial charge in [-0.3, -0.25) is 0 Å². The number of rotatable bonds is 2. The average Bonchev–Trinajstić information content (AvgIpc) is 2.20. The lowest BCUT2D eigenvalue weighted by atomic mass is 10.2. The van der Waals surface area contributed by atoms with E-state index in [2.05, 4.69) is 26.7 Å². The molecular formula is C13H21F3. The monoisotopic (exact) mass is 234 g/mol. The van der Waals surface area contributed by atoms with E-state index in [1.54, 1.807) is 19.9 Å². The molecular weight excluding hydrogens is 213 g/mol. The van der Waals surface area contributed by atoms with Crippen LogP contribution in [0.15, 0.2) is 23.8 Å². The Labute approximate surface area is 97.2 Å². The zero-order chi connectivity index (χ0) is 13.6. The van der Waals surface area contributed by atoms with Crippen LogP contribution in [0.4, 0.5) is 13.2 Å². The first-order valence-corrected chi connectivity index (χ1v) is 5.06. The molecule has 94 valence electrons. The summed E-state index contributed by atoms with van der Waals surface area (Å²) in [7, 11) is 0. The van der Waals surface area contributed by atoms with Crippen molar-refractivity contribution in [2.24, 2.45) is 0 Å². The van der Waals surface area contributed by atoms with E-state index in [0.29, 0.717) is 0 Å². The maximum absolute atomic E-state index is 11.5. The van der Waals surface area contributed by atoms with Crippen molar-refractivity contribution < 1.29 is 13.2 Å². The number of terminal acetylenes is 1. The summed E-state index contributed by atoms with van der Waals surface area (Å²) in [6, 6.07) is 0. The molecule has 0 aliphatic rings. The smallest absolute Gasteiger partial charge is 0.171 e. The summed E-state index contributed by atoms with van der Waals surface area (Å²) >= 11 is 0. The Bertz CT molecular complexity index is 207. The Morgan fingerprint density at radius 2 is 1.56 bits per heavy atom. The molecule has 16 heavy (non-hydrogen) atoms. The molecule has 3 heteroatoms. The van der Waals surface area contributed by atoms with Gasteiger partial charge in [0.25, 0.3) is 0 Å². The second-order valence-corrected chi connectivity index (χ2v) is 2.96. The van der Waals surface area contributed by atoms with Crippen LogP contribution in [-0.4, -0.2) is 6.18 Å². The number of hydrogen-bond donors (Lipinski definition) is 0. The van der Waals surface area contributed by atoms with Crippen molar-refractivity contribution in [2.45, 2.75) is 46.7 Å². The van der Waals surface area contributed by atoms with Crippen molar-refractivity contribution in [3.63, 3.8) is 0 Å². The molecule has 0 aliphatic carbocycles. The van der Waals surface area contributed by atoms with Crippen LogP contribution >= 0.6 is 0 Å². The first-order valence-electron chi connectivity index (χ1n) is 5.06. The maximum Gasteiger partial charge on any atom is 0.392 e. The quantitative estimate of drug-likeness (QED) is 0.459. The Balaban J connectivity index is -0.000000289. The van der Waals surface area contributed by atoms with Gasteiger partial charge in [0, 0.05) is 0 Å². The third-order valence-corrected chi connectivity index (χ3v) is 1.19. The van der Waals surface area contributed by atoms with E-state index in [0.717, 1.165) is 11.6 Å². The minimum atomic E-state index is -4.08. The van der Waals surface area contributed by atoms with E-state index in [1.165, 1.54) is 12.5 Å². The van der Waals surface area contributed by atoms with Gasteiger partial charge in [-0.15, -0.1) is 12.8 Å². The normalized spacial score (nSPS) is 11.2. The highest BCUT2D eigenvalue weighted by Crippen LogP contribution is 2.19. The Hall–Kier alpha value is -1.17. The van der Waals surface area contributed by atoms with Gasteiger partial charge in [-0.2, -0.15) is 13.2 Å². The van der Waals surface area contributed by atoms with E-state index in [9.17, 15) is 13.2 Å². The second kappa shape index (κ2) is 13.8. The summed E-state index contributed by atoms with van der Waals surface area (Å²) < 4.78 is 34.6. The fourth-order valence-corrected chi connectivity index (χ4v) is 0.475. The number of allylic oxidation sites excluding steroid dienone is 4. The zero-order valence-electron chi connectivity index (χ0n) is 10.4. The van der Waals surface area contributed by atoms with Crippen molar-refractivity contribution in [3.8, 4) is 12.8 Å². The van der Waals surface area contributed by atoms with Gasteiger partial charge in [-0.05, 0) is 13.8 Å². The molecule has 0 unspecified atom stereocenters. The van der Waals surface area contributed by atoms with Gasteiger partial charge in [0.15, 0.2) is 0 Å². The molecule has 0 atom stereocenters. The molecule has 0 bridgehead atoms. The molecule has 0 radical (unpaired) electrons. The van der Waals surface area contributed by atoms with Gasteiger partial charge < -0.3 is 0 Å². The summed E-state index contributed by atoms with van der Waals surface area (Å²) in [4.78, 5) is 0. The van der Waals surface area contributed by atoms with E-state index in [1.807, 2.05) is 0 Å². The molecule has 0 aromatic carbocycles. The molecule has 0 heterocycles. The highest BCUT2D eigenvalue weighted by molar-refractivity contribution is 5.14. The van der Waals surface area contributed by atoms with E-state index >= 15 is 0 Å². The summed E-state index contributed by atoms with van der Waals surface area (Å²) in [5, 5.41) is 0. The van der Waals surface area contributed by atoms with Crippen LogP contribution in [0.3, 0.4) is 0 Å². The van der Waals surface area contributed by atoms with Crippen LogP contribution in [0.25, 0.3) is 0 Å². The zero-order valence-corrected chi connectivity index (χ0v) is 10.4. The van der Waals surface area contributed by atoms with Crippen LogP contribution in [0.2, 0.25) is 0 Å². The highest BCUT2D eigenvalue weighted by Gasteiger charge is 2.24. The summed E-state index contributed by atoms with van der Waals surface area (Å²) in [5.41, 5.74) is 0.842. The lowest BCUT2D eigenvalue weighted by Gasteiger charge is -1.99. The number of hydrogen-bond acceptors (Lipinski definition) is 0. The average molecular weight is 234 g/mol. The molecule has 0 saturated heterocycles. The Morgan fingerprint density at radius 1 is 1.19 bits per heavy atom. The van der Waals surface area contributed by atoms with Crippen LogP contribution in [0, 0.1) is 12.8 Å². The van der Waals surface area contributed by atoms with Crippen LogP contribution in [0.5, 0.6) is 0 Å². The third-order valence-electron chi connectivity index (χ3n) is 1.19. The Morgan fingerprint density at radius 3 is 1.81 bits per heavy atom. The summed E-state index contributed by atoms with van der Waals surface area (Å²) in [5.74, 6) is 0. The molecule has 0 amide bonds.